The van der Waals surface area contributed by atoms with Gasteiger partial charge in [0.2, 0.25) is 0 Å². The lowest BCUT2D eigenvalue weighted by Crippen LogP contribution is -2.39. The molecule has 1 aliphatic heterocycles. The maximum atomic E-state index is 11.1. The largest absolute Gasteiger partial charge is 0.496 e. The number of aliphatic carboxylic acids is 1. The van der Waals surface area contributed by atoms with Crippen LogP contribution in [0.25, 0.3) is 23.3 Å². The molecule has 7 heteroatoms. The highest BCUT2D eigenvalue weighted by Crippen LogP contribution is 2.36. The average molecular weight is 476 g/mol. The molecule has 0 radical (unpaired) electrons. The highest BCUT2D eigenvalue weighted by molar-refractivity contribution is 5.78. The molecule has 0 spiro atoms. The molecule has 1 aliphatic rings. The Kier molecular flexibility index (Phi) is 7.70. The standard InChI is InChI=1S/C28H29NO6/c1-18-20(4-3-5-23(18)21-10-11-25-27(15-21)35-13-12-34-25)8-6-19-7-9-22(26(14-19)33-2)16-29-24(17-30)28(31)32/h3-11,14-15,24,29-30H,12-13,16-17H2,1-2H3,(H,31,32)/b8-6+. The van der Waals surface area contributed by atoms with E-state index in [0.717, 1.165) is 44.9 Å². The van der Waals surface area contributed by atoms with Crippen LogP contribution in [0.1, 0.15) is 22.3 Å². The fourth-order valence-corrected chi connectivity index (χ4v) is 4.02. The van der Waals surface area contributed by atoms with Crippen LogP contribution in [-0.4, -0.2) is 49.2 Å². The van der Waals surface area contributed by atoms with E-state index in [9.17, 15) is 9.90 Å². The van der Waals surface area contributed by atoms with E-state index in [-0.39, 0.29) is 6.54 Å². The summed E-state index contributed by atoms with van der Waals surface area (Å²) in [6.45, 7) is 3.00. The Hall–Kier alpha value is -3.81. The molecule has 0 bridgehead atoms. The number of hydrogen-bond donors (Lipinski definition) is 3. The number of benzene rings is 3. The lowest BCUT2D eigenvalue weighted by molar-refractivity contribution is -0.140. The van der Waals surface area contributed by atoms with Gasteiger partial charge in [0.05, 0.1) is 13.7 Å². The summed E-state index contributed by atoms with van der Waals surface area (Å²) in [5.74, 6) is 1.09. The first-order valence-corrected chi connectivity index (χ1v) is 11.4. The third-order valence-electron chi connectivity index (χ3n) is 6.01. The van der Waals surface area contributed by atoms with Crippen molar-refractivity contribution in [2.75, 3.05) is 26.9 Å². The number of fused-ring (bicyclic) bond motifs is 1. The normalized spacial score (nSPS) is 13.6. The van der Waals surface area contributed by atoms with E-state index in [1.165, 1.54) is 0 Å². The topological polar surface area (TPSA) is 97.3 Å². The van der Waals surface area contributed by atoms with Gasteiger partial charge in [-0.05, 0) is 52.9 Å². The van der Waals surface area contributed by atoms with Gasteiger partial charge in [-0.3, -0.25) is 10.1 Å². The Morgan fingerprint density at radius 1 is 1.09 bits per heavy atom. The number of ether oxygens (including phenoxy) is 3. The fourth-order valence-electron chi connectivity index (χ4n) is 4.02. The molecule has 1 unspecified atom stereocenters. The van der Waals surface area contributed by atoms with Crippen molar-refractivity contribution >= 4 is 18.1 Å². The number of aliphatic hydroxyl groups excluding tert-OH is 1. The van der Waals surface area contributed by atoms with Crippen LogP contribution in [0.15, 0.2) is 54.6 Å². The molecule has 3 aromatic carbocycles. The Morgan fingerprint density at radius 3 is 2.63 bits per heavy atom. The van der Waals surface area contributed by atoms with Crippen LogP contribution >= 0.6 is 0 Å². The molecule has 182 valence electrons. The first-order chi connectivity index (χ1) is 17.0. The molecule has 1 atom stereocenters. The highest BCUT2D eigenvalue weighted by Gasteiger charge is 2.16. The summed E-state index contributed by atoms with van der Waals surface area (Å²) >= 11 is 0. The van der Waals surface area contributed by atoms with Gasteiger partial charge in [-0.2, -0.15) is 0 Å². The van der Waals surface area contributed by atoms with Crippen molar-refractivity contribution < 1.29 is 29.2 Å². The third kappa shape index (κ3) is 5.65. The van der Waals surface area contributed by atoms with Crippen LogP contribution in [0.2, 0.25) is 0 Å². The monoisotopic (exact) mass is 475 g/mol. The van der Waals surface area contributed by atoms with Crippen molar-refractivity contribution in [1.82, 2.24) is 5.32 Å². The third-order valence-corrected chi connectivity index (χ3v) is 6.01. The summed E-state index contributed by atoms with van der Waals surface area (Å²) in [4.78, 5) is 11.1. The van der Waals surface area contributed by atoms with E-state index in [1.54, 1.807) is 7.11 Å². The zero-order valence-electron chi connectivity index (χ0n) is 19.8. The van der Waals surface area contributed by atoms with Gasteiger partial charge in [-0.15, -0.1) is 0 Å². The fraction of sp³-hybridized carbons (Fsp3) is 0.250. The summed E-state index contributed by atoms with van der Waals surface area (Å²) < 4.78 is 16.9. The van der Waals surface area contributed by atoms with Crippen LogP contribution in [0.3, 0.4) is 0 Å². The number of carboxylic acids is 1. The zero-order valence-corrected chi connectivity index (χ0v) is 19.8. The second-order valence-corrected chi connectivity index (χ2v) is 8.24. The lowest BCUT2D eigenvalue weighted by Gasteiger charge is -2.19. The summed E-state index contributed by atoms with van der Waals surface area (Å²) in [6.07, 6.45) is 4.08. The predicted octanol–water partition coefficient (Wildman–Crippen LogP) is 4.15. The molecular formula is C28H29NO6. The summed E-state index contributed by atoms with van der Waals surface area (Å²) in [5.41, 5.74) is 6.20. The van der Waals surface area contributed by atoms with Crippen molar-refractivity contribution in [3.63, 3.8) is 0 Å². The average Bonchev–Trinajstić information content (AvgIpc) is 2.88. The molecular weight excluding hydrogens is 446 g/mol. The maximum Gasteiger partial charge on any atom is 0.323 e. The van der Waals surface area contributed by atoms with Gasteiger partial charge in [0.25, 0.3) is 0 Å². The number of rotatable bonds is 9. The summed E-state index contributed by atoms with van der Waals surface area (Å²) in [5, 5.41) is 21.1. The van der Waals surface area contributed by atoms with E-state index < -0.39 is 18.6 Å². The molecule has 0 saturated heterocycles. The van der Waals surface area contributed by atoms with Crippen LogP contribution in [0, 0.1) is 6.92 Å². The SMILES string of the molecule is COc1cc(/C=C/c2cccc(-c3ccc4c(c3)OCCO4)c2C)ccc1CNC(CO)C(=O)O. The molecule has 0 amide bonds. The summed E-state index contributed by atoms with van der Waals surface area (Å²) in [6, 6.07) is 16.9. The van der Waals surface area contributed by atoms with Crippen LogP contribution in [0.4, 0.5) is 0 Å². The first-order valence-electron chi connectivity index (χ1n) is 11.4. The van der Waals surface area contributed by atoms with Crippen LogP contribution in [0.5, 0.6) is 17.2 Å². The number of hydrogen-bond acceptors (Lipinski definition) is 6. The van der Waals surface area contributed by atoms with Crippen molar-refractivity contribution in [1.29, 1.82) is 0 Å². The zero-order chi connectivity index (χ0) is 24.8. The number of carbonyl (C=O) groups is 1. The molecule has 4 rings (SSSR count). The van der Waals surface area contributed by atoms with Crippen molar-refractivity contribution in [3.05, 3.63) is 76.9 Å². The van der Waals surface area contributed by atoms with Gasteiger partial charge in [0, 0.05) is 12.1 Å². The van der Waals surface area contributed by atoms with Crippen LogP contribution in [-0.2, 0) is 11.3 Å². The Labute approximate surface area is 204 Å². The molecule has 1 heterocycles. The number of methoxy groups -OCH3 is 1. The molecule has 3 aromatic rings. The van der Waals surface area contributed by atoms with Crippen LogP contribution < -0.4 is 19.5 Å². The summed E-state index contributed by atoms with van der Waals surface area (Å²) in [7, 11) is 1.58. The van der Waals surface area contributed by atoms with Gasteiger partial charge < -0.3 is 24.4 Å². The van der Waals surface area contributed by atoms with E-state index in [0.29, 0.717) is 19.0 Å². The molecule has 0 saturated carbocycles. The minimum absolute atomic E-state index is 0.265. The van der Waals surface area contributed by atoms with E-state index in [4.69, 9.17) is 19.3 Å². The maximum absolute atomic E-state index is 11.1. The molecule has 35 heavy (non-hydrogen) atoms. The van der Waals surface area contributed by atoms with Gasteiger partial charge in [0.15, 0.2) is 11.5 Å². The quantitative estimate of drug-likeness (QED) is 0.400. The molecule has 7 nitrogen and oxygen atoms in total. The smallest absolute Gasteiger partial charge is 0.323 e. The van der Waals surface area contributed by atoms with Gasteiger partial charge in [-0.1, -0.05) is 48.6 Å². The second-order valence-electron chi connectivity index (χ2n) is 8.24. The molecule has 0 aliphatic carbocycles. The molecule has 0 fully saturated rings. The van der Waals surface area contributed by atoms with Gasteiger partial charge in [-0.25, -0.2) is 0 Å². The second kappa shape index (κ2) is 11.1. The minimum Gasteiger partial charge on any atom is -0.496 e. The molecule has 0 aromatic heterocycles. The Balaban J connectivity index is 1.53. The van der Waals surface area contributed by atoms with Gasteiger partial charge in [0.1, 0.15) is 25.0 Å². The minimum atomic E-state index is -1.10. The highest BCUT2D eigenvalue weighted by atomic mass is 16.6. The number of aliphatic hydroxyl groups is 1. The molecule has 3 N–H and O–H groups in total. The Morgan fingerprint density at radius 2 is 1.89 bits per heavy atom. The Bertz CT molecular complexity index is 1240. The van der Waals surface area contributed by atoms with Crippen molar-refractivity contribution in [2.24, 2.45) is 0 Å². The number of nitrogens with one attached hydrogen (secondary N) is 1. The predicted molar refractivity (Wildman–Crippen MR) is 135 cm³/mol. The first kappa shape index (κ1) is 24.3. The number of carboxylic acid groups (broad SMARTS) is 1. The van der Waals surface area contributed by atoms with E-state index >= 15 is 0 Å². The van der Waals surface area contributed by atoms with E-state index in [1.807, 2.05) is 48.5 Å². The van der Waals surface area contributed by atoms with E-state index in [2.05, 4.69) is 30.4 Å². The van der Waals surface area contributed by atoms with Crippen molar-refractivity contribution in [3.8, 4) is 28.4 Å². The lowest BCUT2D eigenvalue weighted by atomic mass is 9.95. The van der Waals surface area contributed by atoms with Crippen molar-refractivity contribution in [2.45, 2.75) is 19.5 Å². The van der Waals surface area contributed by atoms with Gasteiger partial charge >= 0.3 is 5.97 Å².